The van der Waals surface area contributed by atoms with Crippen LogP contribution in [0.1, 0.15) is 16.7 Å². The van der Waals surface area contributed by atoms with Gasteiger partial charge in [-0.3, -0.25) is 9.79 Å². The standard InChI is InChI=1S/C21H18N2O/c22-20(24)16-23-21(17-10-4-1-5-11-17,18-12-6-2-7-13-18)19-14-8-3-9-15-19/h1-16H,(H2,22,24). The van der Waals surface area contributed by atoms with Gasteiger partial charge in [-0.15, -0.1) is 0 Å². The van der Waals surface area contributed by atoms with E-state index in [9.17, 15) is 4.79 Å². The molecule has 3 aromatic carbocycles. The quantitative estimate of drug-likeness (QED) is 0.568. The summed E-state index contributed by atoms with van der Waals surface area (Å²) >= 11 is 0. The summed E-state index contributed by atoms with van der Waals surface area (Å²) in [5.74, 6) is -0.567. The summed E-state index contributed by atoms with van der Waals surface area (Å²) in [5, 5.41) is 0. The van der Waals surface area contributed by atoms with Gasteiger partial charge in [-0.05, 0) is 16.7 Å². The van der Waals surface area contributed by atoms with Crippen LogP contribution < -0.4 is 5.73 Å². The summed E-state index contributed by atoms with van der Waals surface area (Å²) < 4.78 is 0. The lowest BCUT2D eigenvalue weighted by Crippen LogP contribution is -2.28. The number of hydrogen-bond donors (Lipinski definition) is 1. The van der Waals surface area contributed by atoms with Crippen LogP contribution >= 0.6 is 0 Å². The molecule has 0 unspecified atom stereocenters. The highest BCUT2D eigenvalue weighted by atomic mass is 16.1. The summed E-state index contributed by atoms with van der Waals surface area (Å²) in [6.07, 6.45) is 1.20. The van der Waals surface area contributed by atoms with Gasteiger partial charge in [0.2, 0.25) is 0 Å². The topological polar surface area (TPSA) is 55.5 Å². The third-order valence-corrected chi connectivity index (χ3v) is 3.96. The van der Waals surface area contributed by atoms with Crippen molar-refractivity contribution in [2.45, 2.75) is 5.54 Å². The van der Waals surface area contributed by atoms with Gasteiger partial charge in [0, 0.05) is 0 Å². The average Bonchev–Trinajstić information content (AvgIpc) is 2.65. The molecule has 0 aliphatic rings. The van der Waals surface area contributed by atoms with Gasteiger partial charge in [-0.2, -0.15) is 0 Å². The molecule has 0 aliphatic carbocycles. The summed E-state index contributed by atoms with van der Waals surface area (Å²) in [4.78, 5) is 16.1. The van der Waals surface area contributed by atoms with Gasteiger partial charge in [0.15, 0.2) is 0 Å². The molecule has 0 aromatic heterocycles. The van der Waals surface area contributed by atoms with Crippen molar-refractivity contribution < 1.29 is 4.79 Å². The molecule has 0 saturated heterocycles. The summed E-state index contributed by atoms with van der Waals surface area (Å²) in [6.45, 7) is 0. The van der Waals surface area contributed by atoms with Crippen LogP contribution in [-0.2, 0) is 10.3 Å². The lowest BCUT2D eigenvalue weighted by Gasteiger charge is -2.31. The molecule has 24 heavy (non-hydrogen) atoms. The Hall–Kier alpha value is -3.20. The number of rotatable bonds is 5. The molecule has 118 valence electrons. The Morgan fingerprint density at radius 3 is 1.33 bits per heavy atom. The predicted molar refractivity (Wildman–Crippen MR) is 96.9 cm³/mol. The van der Waals surface area contributed by atoms with Crippen molar-refractivity contribution in [1.82, 2.24) is 0 Å². The van der Waals surface area contributed by atoms with E-state index < -0.39 is 11.4 Å². The van der Waals surface area contributed by atoms with Crippen molar-refractivity contribution in [2.75, 3.05) is 0 Å². The number of benzene rings is 3. The maximum absolute atomic E-state index is 11.4. The largest absolute Gasteiger partial charge is 0.365 e. The number of amides is 1. The Kier molecular flexibility index (Phi) is 4.52. The molecule has 0 spiro atoms. The van der Waals surface area contributed by atoms with Crippen LogP contribution in [0.25, 0.3) is 0 Å². The van der Waals surface area contributed by atoms with Gasteiger partial charge < -0.3 is 5.73 Å². The molecule has 0 radical (unpaired) electrons. The van der Waals surface area contributed by atoms with E-state index in [4.69, 9.17) is 5.73 Å². The lowest BCUT2D eigenvalue weighted by atomic mass is 9.77. The lowest BCUT2D eigenvalue weighted by molar-refractivity contribution is -0.111. The van der Waals surface area contributed by atoms with Gasteiger partial charge in [-0.1, -0.05) is 91.0 Å². The molecular formula is C21H18N2O. The van der Waals surface area contributed by atoms with Crippen molar-refractivity contribution in [3.8, 4) is 0 Å². The fourth-order valence-electron chi connectivity index (χ4n) is 2.92. The van der Waals surface area contributed by atoms with Crippen LogP contribution in [0.5, 0.6) is 0 Å². The number of aliphatic imine (C=N–C) groups is 1. The van der Waals surface area contributed by atoms with Gasteiger partial charge in [-0.25, -0.2) is 0 Å². The zero-order valence-corrected chi connectivity index (χ0v) is 13.2. The van der Waals surface area contributed by atoms with Crippen LogP contribution in [0.4, 0.5) is 0 Å². The summed E-state index contributed by atoms with van der Waals surface area (Å²) in [5.41, 5.74) is 7.44. The predicted octanol–water partition coefficient (Wildman–Crippen LogP) is 3.53. The normalized spacial score (nSPS) is 11.5. The molecule has 0 heterocycles. The maximum Gasteiger partial charge on any atom is 0.259 e. The number of nitrogens with two attached hydrogens (primary N) is 1. The fourth-order valence-corrected chi connectivity index (χ4v) is 2.92. The van der Waals surface area contributed by atoms with Gasteiger partial charge >= 0.3 is 0 Å². The minimum absolute atomic E-state index is 0.567. The van der Waals surface area contributed by atoms with Crippen molar-refractivity contribution in [3.05, 3.63) is 108 Å². The Bertz CT molecular complexity index is 731. The maximum atomic E-state index is 11.4. The third kappa shape index (κ3) is 2.97. The zero-order chi connectivity index (χ0) is 16.8. The van der Waals surface area contributed by atoms with E-state index in [-0.39, 0.29) is 0 Å². The number of carbonyl (C=O) groups excluding carboxylic acids is 1. The number of hydrogen-bond acceptors (Lipinski definition) is 2. The van der Waals surface area contributed by atoms with Crippen molar-refractivity contribution >= 4 is 12.1 Å². The first-order chi connectivity index (χ1) is 11.7. The minimum atomic E-state index is -0.821. The van der Waals surface area contributed by atoms with Crippen LogP contribution in [0.15, 0.2) is 96.0 Å². The van der Waals surface area contributed by atoms with E-state index in [0.29, 0.717) is 0 Å². The molecular weight excluding hydrogens is 296 g/mol. The van der Waals surface area contributed by atoms with Crippen LogP contribution in [-0.4, -0.2) is 12.1 Å². The van der Waals surface area contributed by atoms with Crippen LogP contribution in [0.3, 0.4) is 0 Å². The van der Waals surface area contributed by atoms with Crippen LogP contribution in [0, 0.1) is 0 Å². The molecule has 3 rings (SSSR count). The Morgan fingerprint density at radius 1 is 0.708 bits per heavy atom. The average molecular weight is 314 g/mol. The van der Waals surface area contributed by atoms with Gasteiger partial charge in [0.25, 0.3) is 5.91 Å². The molecule has 0 bridgehead atoms. The van der Waals surface area contributed by atoms with Crippen molar-refractivity contribution in [1.29, 1.82) is 0 Å². The number of carbonyl (C=O) groups is 1. The second-order valence-corrected chi connectivity index (χ2v) is 5.47. The molecule has 0 aliphatic heterocycles. The second-order valence-electron chi connectivity index (χ2n) is 5.47. The highest BCUT2D eigenvalue weighted by molar-refractivity contribution is 6.25. The Morgan fingerprint density at radius 2 is 1.04 bits per heavy atom. The molecule has 3 nitrogen and oxygen atoms in total. The van der Waals surface area contributed by atoms with E-state index >= 15 is 0 Å². The second kappa shape index (κ2) is 6.92. The Labute approximate surface area is 141 Å². The smallest absolute Gasteiger partial charge is 0.259 e. The van der Waals surface area contributed by atoms with E-state index in [0.717, 1.165) is 16.7 Å². The van der Waals surface area contributed by atoms with E-state index in [1.807, 2.05) is 91.0 Å². The highest BCUT2D eigenvalue weighted by Gasteiger charge is 2.35. The highest BCUT2D eigenvalue weighted by Crippen LogP contribution is 2.40. The zero-order valence-electron chi connectivity index (χ0n) is 13.2. The molecule has 3 heteroatoms. The number of nitrogens with zero attached hydrogens (tertiary/aromatic N) is 1. The molecule has 0 saturated carbocycles. The van der Waals surface area contributed by atoms with Crippen LogP contribution in [0.2, 0.25) is 0 Å². The van der Waals surface area contributed by atoms with Gasteiger partial charge in [0.1, 0.15) is 5.54 Å². The fraction of sp³-hybridized carbons (Fsp3) is 0.0476. The first-order valence-electron chi connectivity index (χ1n) is 7.75. The summed E-state index contributed by atoms with van der Waals surface area (Å²) in [7, 11) is 0. The molecule has 3 aromatic rings. The molecule has 0 atom stereocenters. The van der Waals surface area contributed by atoms with Crippen molar-refractivity contribution in [3.63, 3.8) is 0 Å². The molecule has 0 fully saturated rings. The third-order valence-electron chi connectivity index (χ3n) is 3.96. The monoisotopic (exact) mass is 314 g/mol. The van der Waals surface area contributed by atoms with E-state index in [2.05, 4.69) is 4.99 Å². The number of primary amides is 1. The summed E-state index contributed by atoms with van der Waals surface area (Å²) in [6, 6.07) is 29.8. The molecule has 1 amide bonds. The first kappa shape index (κ1) is 15.7. The van der Waals surface area contributed by atoms with Gasteiger partial charge in [0.05, 0.1) is 6.21 Å². The van der Waals surface area contributed by atoms with Crippen molar-refractivity contribution in [2.24, 2.45) is 10.7 Å². The van der Waals surface area contributed by atoms with E-state index in [1.165, 1.54) is 6.21 Å². The molecule has 2 N–H and O–H groups in total. The minimum Gasteiger partial charge on any atom is -0.365 e. The Balaban J connectivity index is 2.35. The SMILES string of the molecule is NC(=O)C=NC(c1ccccc1)(c1ccccc1)c1ccccc1. The first-order valence-corrected chi connectivity index (χ1v) is 7.75. The van der Waals surface area contributed by atoms with E-state index in [1.54, 1.807) is 0 Å².